The number of para-hydroxylation sites is 2. The smallest absolute Gasteiger partial charge is 0.265 e. The van der Waals surface area contributed by atoms with E-state index in [1.54, 1.807) is 16.7 Å². The van der Waals surface area contributed by atoms with Gasteiger partial charge < -0.3 is 4.74 Å². The molecule has 1 aliphatic heterocycles. The lowest BCUT2D eigenvalue weighted by atomic mass is 10.2. The van der Waals surface area contributed by atoms with Crippen LogP contribution in [0.25, 0.3) is 38.9 Å². The van der Waals surface area contributed by atoms with Gasteiger partial charge in [0.15, 0.2) is 11.3 Å². The van der Waals surface area contributed by atoms with Crippen molar-refractivity contribution in [3.63, 3.8) is 0 Å². The number of hydrogen-bond acceptors (Lipinski definition) is 5. The molecule has 4 heterocycles. The third-order valence-corrected chi connectivity index (χ3v) is 6.86. The van der Waals surface area contributed by atoms with Crippen LogP contribution in [-0.4, -0.2) is 36.8 Å². The summed E-state index contributed by atoms with van der Waals surface area (Å²) >= 11 is 12.5. The lowest BCUT2D eigenvalue weighted by Crippen LogP contribution is -2.29. The molecular formula is C24H19Cl2N5O2. The molecule has 7 nitrogen and oxygen atoms in total. The number of aryl methyl sites for hydroxylation is 1. The summed E-state index contributed by atoms with van der Waals surface area (Å²) in [6.07, 6.45) is 1.94. The minimum Gasteiger partial charge on any atom is -0.376 e. The van der Waals surface area contributed by atoms with Crippen molar-refractivity contribution in [1.29, 1.82) is 0 Å². The molecule has 9 heteroatoms. The summed E-state index contributed by atoms with van der Waals surface area (Å²) < 4.78 is 9.29. The van der Waals surface area contributed by atoms with E-state index in [0.29, 0.717) is 55.8 Å². The molecule has 1 atom stereocenters. The largest absolute Gasteiger partial charge is 0.376 e. The van der Waals surface area contributed by atoms with Gasteiger partial charge in [-0.25, -0.2) is 15.0 Å². The van der Waals surface area contributed by atoms with Crippen molar-refractivity contribution in [3.05, 3.63) is 68.7 Å². The Morgan fingerprint density at radius 2 is 1.82 bits per heavy atom. The Morgan fingerprint density at radius 3 is 2.55 bits per heavy atom. The zero-order valence-electron chi connectivity index (χ0n) is 17.8. The van der Waals surface area contributed by atoms with Crippen LogP contribution < -0.4 is 5.56 Å². The lowest BCUT2D eigenvalue weighted by Gasteiger charge is -2.14. The van der Waals surface area contributed by atoms with Crippen molar-refractivity contribution >= 4 is 56.4 Å². The fourth-order valence-electron chi connectivity index (χ4n) is 4.51. The summed E-state index contributed by atoms with van der Waals surface area (Å²) in [7, 11) is 0. The number of aromatic nitrogens is 5. The maximum Gasteiger partial charge on any atom is 0.265 e. The Morgan fingerprint density at radius 1 is 1.03 bits per heavy atom. The average Bonchev–Trinajstić information content (AvgIpc) is 3.42. The first-order valence-corrected chi connectivity index (χ1v) is 11.5. The summed E-state index contributed by atoms with van der Waals surface area (Å²) in [5.74, 6) is 0.608. The van der Waals surface area contributed by atoms with Crippen molar-refractivity contribution in [2.45, 2.75) is 32.4 Å². The first-order valence-electron chi connectivity index (χ1n) is 10.8. The molecule has 0 spiro atoms. The molecule has 6 rings (SSSR count). The zero-order chi connectivity index (χ0) is 22.7. The maximum absolute atomic E-state index is 13.8. The highest BCUT2D eigenvalue weighted by atomic mass is 35.5. The van der Waals surface area contributed by atoms with Gasteiger partial charge >= 0.3 is 0 Å². The van der Waals surface area contributed by atoms with Gasteiger partial charge in [0.25, 0.3) is 5.56 Å². The maximum atomic E-state index is 13.8. The number of benzene rings is 2. The molecule has 0 saturated carbocycles. The van der Waals surface area contributed by atoms with Gasteiger partial charge in [0, 0.05) is 6.61 Å². The number of fused-ring (bicyclic) bond motifs is 4. The average molecular weight is 480 g/mol. The van der Waals surface area contributed by atoms with Crippen LogP contribution in [0, 0.1) is 6.92 Å². The van der Waals surface area contributed by atoms with E-state index in [9.17, 15) is 4.79 Å². The number of halogens is 2. The summed E-state index contributed by atoms with van der Waals surface area (Å²) in [4.78, 5) is 28.3. The van der Waals surface area contributed by atoms with E-state index in [-0.39, 0.29) is 11.7 Å². The van der Waals surface area contributed by atoms with Crippen LogP contribution in [0.1, 0.15) is 18.7 Å². The fourth-order valence-corrected chi connectivity index (χ4v) is 4.80. The Balaban J connectivity index is 1.72. The van der Waals surface area contributed by atoms with E-state index in [1.807, 2.05) is 41.8 Å². The molecule has 0 unspecified atom stereocenters. The van der Waals surface area contributed by atoms with E-state index in [0.717, 1.165) is 25.0 Å². The number of ether oxygens (including phenoxy) is 1. The van der Waals surface area contributed by atoms with Gasteiger partial charge in [0.1, 0.15) is 16.7 Å². The zero-order valence-corrected chi connectivity index (χ0v) is 19.3. The van der Waals surface area contributed by atoms with Crippen LogP contribution in [0.5, 0.6) is 0 Å². The highest BCUT2D eigenvalue weighted by Crippen LogP contribution is 2.31. The van der Waals surface area contributed by atoms with Crippen LogP contribution in [0.15, 0.2) is 47.3 Å². The Kier molecular flexibility index (Phi) is 4.87. The van der Waals surface area contributed by atoms with Gasteiger partial charge in [-0.3, -0.25) is 13.9 Å². The lowest BCUT2D eigenvalue weighted by molar-refractivity contribution is 0.0955. The molecule has 1 saturated heterocycles. The summed E-state index contributed by atoms with van der Waals surface area (Å²) in [5.41, 5.74) is 3.53. The van der Waals surface area contributed by atoms with Crippen LogP contribution >= 0.6 is 23.2 Å². The number of nitrogens with zero attached hydrogens (tertiary/aromatic N) is 5. The molecule has 3 aromatic heterocycles. The minimum absolute atomic E-state index is 0.0102. The molecule has 1 aliphatic rings. The molecule has 0 aliphatic carbocycles. The third-order valence-electron chi connectivity index (χ3n) is 6.13. The van der Waals surface area contributed by atoms with Gasteiger partial charge in [-0.05, 0) is 50.1 Å². The van der Waals surface area contributed by atoms with Crippen molar-refractivity contribution in [3.8, 4) is 5.69 Å². The molecule has 0 bridgehead atoms. The molecule has 1 fully saturated rings. The topological polar surface area (TPSA) is 74.8 Å². The van der Waals surface area contributed by atoms with E-state index in [2.05, 4.69) is 0 Å². The Hall–Kier alpha value is -3.00. The number of hydrogen-bond donors (Lipinski definition) is 0. The Labute approximate surface area is 198 Å². The van der Waals surface area contributed by atoms with Gasteiger partial charge in [-0.1, -0.05) is 35.3 Å². The van der Waals surface area contributed by atoms with Gasteiger partial charge in [-0.2, -0.15) is 0 Å². The second kappa shape index (κ2) is 7.80. The molecule has 0 radical (unpaired) electrons. The second-order valence-electron chi connectivity index (χ2n) is 8.23. The van der Waals surface area contributed by atoms with E-state index in [1.165, 1.54) is 0 Å². The Bertz CT molecular complexity index is 1620. The summed E-state index contributed by atoms with van der Waals surface area (Å²) in [5, 5.41) is 1.28. The molecule has 33 heavy (non-hydrogen) atoms. The first kappa shape index (κ1) is 20.6. The second-order valence-corrected chi connectivity index (χ2v) is 9.04. The van der Waals surface area contributed by atoms with Gasteiger partial charge in [0.05, 0.1) is 39.4 Å². The van der Waals surface area contributed by atoms with Crippen LogP contribution in [0.4, 0.5) is 0 Å². The van der Waals surface area contributed by atoms with E-state index in [4.69, 9.17) is 42.9 Å². The van der Waals surface area contributed by atoms with Crippen LogP contribution in [0.3, 0.4) is 0 Å². The summed E-state index contributed by atoms with van der Waals surface area (Å²) in [6.45, 7) is 3.03. The standard InChI is InChI=1S/C24H19Cl2N5O2/c1-13-27-22-20(24(32)30(13)12-15-5-4-10-33-15)21-23(29-19-7-3-2-6-18(19)28-21)31(22)14-8-9-16(25)17(26)11-14/h2-3,6-9,11,15H,4-5,10,12H2,1H3/t15-/m0/s1. The molecule has 0 amide bonds. The third kappa shape index (κ3) is 3.30. The summed E-state index contributed by atoms with van der Waals surface area (Å²) in [6, 6.07) is 12.9. The first-order chi connectivity index (χ1) is 16.0. The normalized spacial score (nSPS) is 16.4. The predicted molar refractivity (Wildman–Crippen MR) is 130 cm³/mol. The van der Waals surface area contributed by atoms with Crippen molar-refractivity contribution in [1.82, 2.24) is 24.1 Å². The highest BCUT2D eigenvalue weighted by molar-refractivity contribution is 6.42. The fraction of sp³-hybridized carbons (Fsp3) is 0.250. The molecular weight excluding hydrogens is 461 g/mol. The molecule has 2 aromatic carbocycles. The molecule has 166 valence electrons. The van der Waals surface area contributed by atoms with Gasteiger partial charge in [-0.15, -0.1) is 0 Å². The van der Waals surface area contributed by atoms with E-state index < -0.39 is 0 Å². The minimum atomic E-state index is -0.151. The van der Waals surface area contributed by atoms with Crippen molar-refractivity contribution in [2.24, 2.45) is 0 Å². The molecule has 5 aromatic rings. The monoisotopic (exact) mass is 479 g/mol. The molecule has 0 N–H and O–H groups in total. The predicted octanol–water partition coefficient (Wildman–Crippen LogP) is 5.08. The van der Waals surface area contributed by atoms with Crippen molar-refractivity contribution in [2.75, 3.05) is 6.61 Å². The number of rotatable bonds is 3. The SMILES string of the molecule is Cc1nc2c(c(=O)n1C[C@@H]1CCCO1)c1nc3ccccc3nc1n2-c1ccc(Cl)c(Cl)c1. The quantitative estimate of drug-likeness (QED) is 0.360. The van der Waals surface area contributed by atoms with Crippen LogP contribution in [-0.2, 0) is 11.3 Å². The van der Waals surface area contributed by atoms with E-state index >= 15 is 0 Å². The van der Waals surface area contributed by atoms with Crippen molar-refractivity contribution < 1.29 is 4.74 Å². The highest BCUT2D eigenvalue weighted by Gasteiger charge is 2.24. The van der Waals surface area contributed by atoms with Gasteiger partial charge in [0.2, 0.25) is 0 Å². The van der Waals surface area contributed by atoms with Crippen LogP contribution in [0.2, 0.25) is 10.0 Å².